The van der Waals surface area contributed by atoms with Gasteiger partial charge in [-0.05, 0) is 61.4 Å². The fourth-order valence-corrected chi connectivity index (χ4v) is 6.46. The monoisotopic (exact) mass is 583 g/mol. The number of carbonyl (C=O) groups excluding carboxylic acids is 3. The first-order chi connectivity index (χ1) is 20.4. The van der Waals surface area contributed by atoms with E-state index in [1.165, 1.54) is 17.4 Å². The Bertz CT molecular complexity index is 1700. The maximum atomic E-state index is 13.6. The molecule has 0 radical (unpaired) electrons. The molecule has 1 fully saturated rings. The number of nitrogens with zero attached hydrogens (tertiary/aromatic N) is 3. The lowest BCUT2D eigenvalue weighted by Gasteiger charge is -2.37. The van der Waals surface area contributed by atoms with Crippen LogP contribution in [-0.4, -0.2) is 60.1 Å². The van der Waals surface area contributed by atoms with E-state index >= 15 is 0 Å². The fourth-order valence-electron chi connectivity index (χ4n) is 5.44. The topological polar surface area (TPSA) is 113 Å². The van der Waals surface area contributed by atoms with Crippen molar-refractivity contribution in [3.05, 3.63) is 83.9 Å². The summed E-state index contributed by atoms with van der Waals surface area (Å²) in [5.74, 6) is 0.806. The summed E-state index contributed by atoms with van der Waals surface area (Å²) in [6, 6.07) is 16.1. The van der Waals surface area contributed by atoms with Crippen molar-refractivity contribution < 1.29 is 23.9 Å². The third kappa shape index (κ3) is 5.08. The summed E-state index contributed by atoms with van der Waals surface area (Å²) in [6.07, 6.45) is 3.22. The zero-order chi connectivity index (χ0) is 29.4. The van der Waals surface area contributed by atoms with Gasteiger partial charge in [0, 0.05) is 32.4 Å². The molecule has 42 heavy (non-hydrogen) atoms. The Morgan fingerprint density at radius 2 is 1.93 bits per heavy atom. The second-order valence-corrected chi connectivity index (χ2v) is 11.2. The molecule has 0 aliphatic carbocycles. The fraction of sp³-hybridized carbons (Fsp3) is 0.226. The summed E-state index contributed by atoms with van der Waals surface area (Å²) < 4.78 is 11.5. The molecule has 0 spiro atoms. The predicted molar refractivity (Wildman–Crippen MR) is 162 cm³/mol. The number of nitrogens with one attached hydrogen (secondary N) is 2. The van der Waals surface area contributed by atoms with E-state index in [1.807, 2.05) is 55.5 Å². The third-order valence-electron chi connectivity index (χ3n) is 7.41. The van der Waals surface area contributed by atoms with Crippen molar-refractivity contribution in [2.45, 2.75) is 25.5 Å². The SMILES string of the molecule is C=CC(=O)N1C[C@H](NC(=O)c2sc3nccc4c3c2NC(=O)N4c2ccc(Oc3ccccc3)cc2C)C[C@@H](OC)C1. The van der Waals surface area contributed by atoms with Gasteiger partial charge < -0.3 is 25.0 Å². The molecule has 214 valence electrons. The molecular weight excluding hydrogens is 554 g/mol. The smallest absolute Gasteiger partial charge is 0.331 e. The summed E-state index contributed by atoms with van der Waals surface area (Å²) >= 11 is 1.21. The number of anilines is 3. The highest BCUT2D eigenvalue weighted by Gasteiger charge is 2.35. The molecule has 11 heteroatoms. The zero-order valence-corrected chi connectivity index (χ0v) is 23.9. The van der Waals surface area contributed by atoms with E-state index in [0.29, 0.717) is 57.4 Å². The molecule has 2 aromatic carbocycles. The number of likely N-dealkylation sites (tertiary alicyclic amines) is 1. The molecule has 4 aromatic rings. The normalized spacial score (nSPS) is 18.0. The first-order valence-corrected chi connectivity index (χ1v) is 14.3. The Balaban J connectivity index is 1.29. The Labute approximate surface area is 246 Å². The highest BCUT2D eigenvalue weighted by atomic mass is 32.1. The Morgan fingerprint density at radius 3 is 2.67 bits per heavy atom. The molecule has 0 unspecified atom stereocenters. The number of ether oxygens (including phenoxy) is 2. The average Bonchev–Trinajstić information content (AvgIpc) is 3.37. The molecular formula is C31H29N5O5S. The van der Waals surface area contributed by atoms with Crippen molar-refractivity contribution in [1.82, 2.24) is 15.2 Å². The number of aromatic nitrogens is 1. The van der Waals surface area contributed by atoms with Gasteiger partial charge in [-0.25, -0.2) is 9.78 Å². The van der Waals surface area contributed by atoms with Crippen LogP contribution in [0.15, 0.2) is 73.4 Å². The van der Waals surface area contributed by atoms with Crippen LogP contribution in [0.4, 0.5) is 21.9 Å². The number of amides is 4. The van der Waals surface area contributed by atoms with Gasteiger partial charge in [0.2, 0.25) is 5.91 Å². The van der Waals surface area contributed by atoms with Gasteiger partial charge in [-0.15, -0.1) is 11.3 Å². The van der Waals surface area contributed by atoms with Crippen LogP contribution in [0.3, 0.4) is 0 Å². The quantitative estimate of drug-likeness (QED) is 0.274. The van der Waals surface area contributed by atoms with Crippen LogP contribution in [0.25, 0.3) is 10.2 Å². The maximum Gasteiger partial charge on any atom is 0.331 e. The maximum absolute atomic E-state index is 13.6. The van der Waals surface area contributed by atoms with Crippen LogP contribution in [0.2, 0.25) is 0 Å². The minimum atomic E-state index is -0.387. The van der Waals surface area contributed by atoms with E-state index in [2.05, 4.69) is 22.2 Å². The van der Waals surface area contributed by atoms with Crippen LogP contribution >= 0.6 is 11.3 Å². The van der Waals surface area contributed by atoms with E-state index in [4.69, 9.17) is 9.47 Å². The number of thiophene rings is 1. The molecule has 0 saturated carbocycles. The number of hydrogen-bond donors (Lipinski definition) is 2. The first-order valence-electron chi connectivity index (χ1n) is 13.5. The lowest BCUT2D eigenvalue weighted by atomic mass is 10.0. The van der Waals surface area contributed by atoms with Crippen molar-refractivity contribution in [3.8, 4) is 11.5 Å². The number of piperidine rings is 1. The molecule has 2 N–H and O–H groups in total. The van der Waals surface area contributed by atoms with E-state index in [1.54, 1.807) is 29.2 Å². The lowest BCUT2D eigenvalue weighted by molar-refractivity contribution is -0.130. The first kappa shape index (κ1) is 27.4. The standard InChI is InChI=1S/C31H29N5O5S/c1-4-25(37)35-16-19(15-22(17-35)40-3)33-29(38)28-27-26-24(12-13-32-30(26)42-28)36(31(39)34-27)23-11-10-21(14-18(23)2)41-20-8-6-5-7-9-20/h4-14,19,22H,1,15-17H2,2-3H3,(H,33,38)(H,34,39)/t19-,22-/m1/s1. The van der Waals surface area contributed by atoms with Crippen LogP contribution < -0.4 is 20.3 Å². The molecule has 6 rings (SSSR count). The summed E-state index contributed by atoms with van der Waals surface area (Å²) in [4.78, 5) is 48.1. The van der Waals surface area contributed by atoms with E-state index in [0.717, 1.165) is 11.3 Å². The molecule has 4 heterocycles. The van der Waals surface area contributed by atoms with Crippen LogP contribution in [-0.2, 0) is 9.53 Å². The highest BCUT2D eigenvalue weighted by molar-refractivity contribution is 7.21. The molecule has 10 nitrogen and oxygen atoms in total. The van der Waals surface area contributed by atoms with Crippen molar-refractivity contribution in [3.63, 3.8) is 0 Å². The van der Waals surface area contributed by atoms with Gasteiger partial charge in [-0.1, -0.05) is 24.8 Å². The number of rotatable bonds is 7. The van der Waals surface area contributed by atoms with Gasteiger partial charge in [0.05, 0.1) is 28.6 Å². The average molecular weight is 584 g/mol. The van der Waals surface area contributed by atoms with Gasteiger partial charge in [-0.2, -0.15) is 0 Å². The predicted octanol–water partition coefficient (Wildman–Crippen LogP) is 5.61. The van der Waals surface area contributed by atoms with Crippen molar-refractivity contribution in [2.24, 2.45) is 0 Å². The van der Waals surface area contributed by atoms with Gasteiger partial charge in [0.15, 0.2) is 0 Å². The Morgan fingerprint density at radius 1 is 1.12 bits per heavy atom. The van der Waals surface area contributed by atoms with E-state index < -0.39 is 0 Å². The number of urea groups is 1. The van der Waals surface area contributed by atoms with Gasteiger partial charge >= 0.3 is 6.03 Å². The van der Waals surface area contributed by atoms with Crippen LogP contribution in [0.5, 0.6) is 11.5 Å². The molecule has 0 bridgehead atoms. The second kappa shape index (κ2) is 11.3. The molecule has 2 aliphatic heterocycles. The molecule has 1 saturated heterocycles. The zero-order valence-electron chi connectivity index (χ0n) is 23.1. The van der Waals surface area contributed by atoms with Crippen LogP contribution in [0, 0.1) is 6.92 Å². The molecule has 2 aliphatic rings. The molecule has 2 atom stereocenters. The van der Waals surface area contributed by atoms with Gasteiger partial charge in [-0.3, -0.25) is 14.5 Å². The van der Waals surface area contributed by atoms with Gasteiger partial charge in [0.25, 0.3) is 5.91 Å². The number of aryl methyl sites for hydroxylation is 1. The largest absolute Gasteiger partial charge is 0.457 e. The minimum absolute atomic E-state index is 0.218. The summed E-state index contributed by atoms with van der Waals surface area (Å²) in [6.45, 7) is 6.25. The van der Waals surface area contributed by atoms with Crippen molar-refractivity contribution in [1.29, 1.82) is 0 Å². The number of para-hydroxylation sites is 1. The van der Waals surface area contributed by atoms with E-state index in [9.17, 15) is 14.4 Å². The second-order valence-electron chi connectivity index (χ2n) is 10.2. The van der Waals surface area contributed by atoms with Crippen LogP contribution in [0.1, 0.15) is 21.7 Å². The van der Waals surface area contributed by atoms with E-state index in [-0.39, 0.29) is 30.0 Å². The molecule has 4 amide bonds. The number of methoxy groups -OCH3 is 1. The Kier molecular flexibility index (Phi) is 7.36. The third-order valence-corrected chi connectivity index (χ3v) is 8.50. The number of carbonyl (C=O) groups is 3. The number of hydrogen-bond acceptors (Lipinski definition) is 7. The Hall–Kier alpha value is -4.74. The summed E-state index contributed by atoms with van der Waals surface area (Å²) in [7, 11) is 1.58. The number of benzene rings is 2. The highest BCUT2D eigenvalue weighted by Crippen LogP contribution is 2.46. The molecule has 2 aromatic heterocycles. The summed E-state index contributed by atoms with van der Waals surface area (Å²) in [5, 5.41) is 6.67. The summed E-state index contributed by atoms with van der Waals surface area (Å²) in [5.41, 5.74) is 2.58. The minimum Gasteiger partial charge on any atom is -0.457 e. The van der Waals surface area contributed by atoms with Gasteiger partial charge in [0.1, 0.15) is 21.2 Å². The van der Waals surface area contributed by atoms with Crippen molar-refractivity contribution in [2.75, 3.05) is 30.4 Å². The number of pyridine rings is 1. The lowest BCUT2D eigenvalue weighted by Crippen LogP contribution is -2.54. The van der Waals surface area contributed by atoms with Crippen molar-refractivity contribution >= 4 is 56.5 Å².